The summed E-state index contributed by atoms with van der Waals surface area (Å²) in [6.07, 6.45) is 0. The van der Waals surface area contributed by atoms with Crippen molar-refractivity contribution in [3.05, 3.63) is 54.6 Å². The maximum atomic E-state index is 6.70. The summed E-state index contributed by atoms with van der Waals surface area (Å²) in [5.74, 6) is 0.846. The van der Waals surface area contributed by atoms with Gasteiger partial charge in [0.1, 0.15) is 0 Å². The Balaban J connectivity index is 2.41. The summed E-state index contributed by atoms with van der Waals surface area (Å²) >= 11 is 9.86. The van der Waals surface area contributed by atoms with E-state index in [9.17, 15) is 0 Å². The van der Waals surface area contributed by atoms with Crippen LogP contribution in [0.1, 0.15) is 0 Å². The predicted octanol–water partition coefficient (Wildman–Crippen LogP) is 2.90. The first-order valence-corrected chi connectivity index (χ1v) is 10.1. The Morgan fingerprint density at radius 1 is 0.941 bits per heavy atom. The number of hydrogen-bond donors (Lipinski definition) is 0. The van der Waals surface area contributed by atoms with Gasteiger partial charge in [-0.05, 0) is 0 Å². The van der Waals surface area contributed by atoms with Crippen LogP contribution in [-0.4, -0.2) is 22.2 Å². The monoisotopic (exact) mass is 330 g/mol. The van der Waals surface area contributed by atoms with Crippen LogP contribution >= 0.6 is 16.1 Å². The topological polar surface area (TPSA) is 9.23 Å². The van der Waals surface area contributed by atoms with Gasteiger partial charge >= 0.3 is 114 Å². The number of rotatable bonds is 3. The summed E-state index contributed by atoms with van der Waals surface area (Å²) in [5.41, 5.74) is 0. The molecule has 0 aliphatic rings. The summed E-state index contributed by atoms with van der Waals surface area (Å²) in [6, 6.07) is 18.0. The SMILES string of the molecule is COc1ccc(P(Cl)(=[Se])c2ccccc2)cc1. The normalized spacial score (nSPS) is 14.0. The van der Waals surface area contributed by atoms with Crippen molar-refractivity contribution in [1.82, 2.24) is 0 Å². The van der Waals surface area contributed by atoms with Crippen molar-refractivity contribution in [2.45, 2.75) is 0 Å². The van der Waals surface area contributed by atoms with Gasteiger partial charge in [0.2, 0.25) is 0 Å². The van der Waals surface area contributed by atoms with Crippen LogP contribution in [0, 0.1) is 0 Å². The Kier molecular flexibility index (Phi) is 4.12. The molecule has 0 radical (unpaired) electrons. The molecule has 0 amide bonds. The number of methoxy groups -OCH3 is 1. The molecule has 1 atom stereocenters. The van der Waals surface area contributed by atoms with E-state index in [-0.39, 0.29) is 0 Å². The third-order valence-electron chi connectivity index (χ3n) is 2.49. The van der Waals surface area contributed by atoms with Gasteiger partial charge < -0.3 is 0 Å². The van der Waals surface area contributed by atoms with Crippen LogP contribution in [0.3, 0.4) is 0 Å². The van der Waals surface area contributed by atoms with E-state index in [1.54, 1.807) is 7.11 Å². The van der Waals surface area contributed by atoms with Crippen LogP contribution in [0.4, 0.5) is 0 Å². The third kappa shape index (κ3) is 2.84. The van der Waals surface area contributed by atoms with Crippen LogP contribution in [0.15, 0.2) is 54.6 Å². The van der Waals surface area contributed by atoms with Gasteiger partial charge in [-0.1, -0.05) is 0 Å². The summed E-state index contributed by atoms with van der Waals surface area (Å²) < 4.78 is 5.15. The van der Waals surface area contributed by atoms with Gasteiger partial charge in [-0.3, -0.25) is 0 Å². The molecule has 0 aliphatic heterocycles. The molecule has 0 saturated heterocycles. The van der Waals surface area contributed by atoms with E-state index < -0.39 is 4.86 Å². The molecule has 2 aromatic rings. The molecule has 88 valence electrons. The standard InChI is InChI=1S/C13H12ClOPSe/c1-15-11-7-9-13(10-8-11)16(14,17)12-5-3-2-4-6-12/h2-10H,1H3. The van der Waals surface area contributed by atoms with E-state index >= 15 is 0 Å². The zero-order valence-corrected chi connectivity index (χ0v) is 12.7. The van der Waals surface area contributed by atoms with Crippen molar-refractivity contribution >= 4 is 41.8 Å². The van der Waals surface area contributed by atoms with Gasteiger partial charge in [-0.15, -0.1) is 0 Å². The quantitative estimate of drug-likeness (QED) is 0.621. The molecule has 17 heavy (non-hydrogen) atoms. The third-order valence-corrected chi connectivity index (χ3v) is 8.24. The number of ether oxygens (including phenoxy) is 1. The average Bonchev–Trinajstić information content (AvgIpc) is 2.40. The molecular weight excluding hydrogens is 318 g/mol. The molecule has 0 saturated carbocycles. The molecule has 4 heteroatoms. The molecule has 0 fully saturated rings. The average molecular weight is 330 g/mol. The Morgan fingerprint density at radius 3 is 2.00 bits per heavy atom. The first kappa shape index (κ1) is 12.9. The molecule has 0 bridgehead atoms. The number of hydrogen-bond acceptors (Lipinski definition) is 1. The molecule has 2 rings (SSSR count). The molecule has 0 heterocycles. The molecule has 0 aliphatic carbocycles. The summed E-state index contributed by atoms with van der Waals surface area (Å²) in [6.45, 7) is 0. The second kappa shape index (κ2) is 5.42. The van der Waals surface area contributed by atoms with E-state index in [4.69, 9.17) is 16.0 Å². The number of benzene rings is 2. The van der Waals surface area contributed by atoms with E-state index in [0.717, 1.165) is 16.4 Å². The van der Waals surface area contributed by atoms with Gasteiger partial charge in [-0.25, -0.2) is 0 Å². The minimum atomic E-state index is -1.89. The van der Waals surface area contributed by atoms with Crippen LogP contribution < -0.4 is 15.3 Å². The van der Waals surface area contributed by atoms with E-state index in [1.807, 2.05) is 42.5 Å². The van der Waals surface area contributed by atoms with E-state index in [2.05, 4.69) is 27.2 Å². The molecule has 1 nitrogen and oxygen atoms in total. The Hall–Kier alpha value is -0.521. The van der Waals surface area contributed by atoms with Crippen molar-refractivity contribution in [1.29, 1.82) is 0 Å². The molecule has 2 aromatic carbocycles. The zero-order valence-electron chi connectivity index (χ0n) is 9.34. The number of halogens is 1. The maximum absolute atomic E-state index is 6.70. The first-order valence-electron chi connectivity index (χ1n) is 5.14. The molecule has 0 aromatic heterocycles. The summed E-state index contributed by atoms with van der Waals surface area (Å²) in [7, 11) is 1.66. The van der Waals surface area contributed by atoms with Crippen molar-refractivity contribution in [3.63, 3.8) is 0 Å². The van der Waals surface area contributed by atoms with E-state index in [0.29, 0.717) is 0 Å². The summed E-state index contributed by atoms with van der Waals surface area (Å²) in [4.78, 5) is -1.89. The van der Waals surface area contributed by atoms with Crippen molar-refractivity contribution in [3.8, 4) is 5.75 Å². The van der Waals surface area contributed by atoms with Gasteiger partial charge in [0.15, 0.2) is 0 Å². The van der Waals surface area contributed by atoms with Gasteiger partial charge in [0.05, 0.1) is 0 Å². The van der Waals surface area contributed by atoms with Crippen molar-refractivity contribution in [2.24, 2.45) is 0 Å². The predicted molar refractivity (Wildman–Crippen MR) is 77.2 cm³/mol. The molecule has 1 unspecified atom stereocenters. The molecule has 0 spiro atoms. The van der Waals surface area contributed by atoms with Crippen molar-refractivity contribution in [2.75, 3.05) is 7.11 Å². The van der Waals surface area contributed by atoms with Crippen LogP contribution in [0.25, 0.3) is 0 Å². The fourth-order valence-electron chi connectivity index (χ4n) is 1.54. The van der Waals surface area contributed by atoms with Crippen LogP contribution in [0.5, 0.6) is 5.75 Å². The second-order valence-electron chi connectivity index (χ2n) is 3.57. The Labute approximate surface area is 114 Å². The fourth-order valence-corrected chi connectivity index (χ4v) is 5.14. The Morgan fingerprint density at radius 2 is 1.47 bits per heavy atom. The van der Waals surface area contributed by atoms with Crippen LogP contribution in [-0.2, 0) is 0 Å². The van der Waals surface area contributed by atoms with Crippen molar-refractivity contribution < 1.29 is 4.74 Å². The minimum absolute atomic E-state index is 0.846. The van der Waals surface area contributed by atoms with Gasteiger partial charge in [0.25, 0.3) is 0 Å². The van der Waals surface area contributed by atoms with E-state index in [1.165, 1.54) is 0 Å². The fraction of sp³-hybridized carbons (Fsp3) is 0.0769. The first-order chi connectivity index (χ1) is 8.14. The van der Waals surface area contributed by atoms with Gasteiger partial charge in [-0.2, -0.15) is 0 Å². The zero-order chi connectivity index (χ0) is 12.3. The van der Waals surface area contributed by atoms with Gasteiger partial charge in [0, 0.05) is 0 Å². The van der Waals surface area contributed by atoms with Crippen LogP contribution in [0.2, 0.25) is 0 Å². The molecule has 0 N–H and O–H groups in total. The Bertz CT molecular complexity index is 539. The summed E-state index contributed by atoms with van der Waals surface area (Å²) in [5, 5.41) is 2.26. The molecular formula is C13H12ClOPSe. The second-order valence-corrected chi connectivity index (χ2v) is 12.0.